The fourth-order valence-corrected chi connectivity index (χ4v) is 2.72. The van der Waals surface area contributed by atoms with Gasteiger partial charge in [-0.25, -0.2) is 4.79 Å². The van der Waals surface area contributed by atoms with Crippen molar-refractivity contribution in [2.45, 2.75) is 44.9 Å². The van der Waals surface area contributed by atoms with E-state index in [1.165, 1.54) is 6.42 Å². The van der Waals surface area contributed by atoms with Crippen molar-refractivity contribution in [3.8, 4) is 0 Å². The van der Waals surface area contributed by atoms with Crippen molar-refractivity contribution in [2.75, 3.05) is 13.1 Å². The van der Waals surface area contributed by atoms with Gasteiger partial charge in [-0.05, 0) is 29.9 Å². The number of hydroxylamine groups is 2. The monoisotopic (exact) mass is 289 g/mol. The van der Waals surface area contributed by atoms with E-state index in [-0.39, 0.29) is 5.92 Å². The molecule has 1 atom stereocenters. The minimum Gasteiger partial charge on any atom is -0.367 e. The largest absolute Gasteiger partial charge is 0.367 e. The van der Waals surface area contributed by atoms with Crippen LogP contribution in [0.3, 0.4) is 0 Å². The number of carbonyl (C=O) groups excluding carboxylic acids is 2. The van der Waals surface area contributed by atoms with E-state index in [9.17, 15) is 9.59 Å². The summed E-state index contributed by atoms with van der Waals surface area (Å²) in [6.45, 7) is 5.61. The zero-order chi connectivity index (χ0) is 15.2. The number of carbonyl (C=O) groups is 2. The second-order valence-corrected chi connectivity index (χ2v) is 5.80. The van der Waals surface area contributed by atoms with E-state index in [4.69, 9.17) is 4.84 Å². The molecule has 0 bridgehead atoms. The Hall–Kier alpha value is -1.68. The summed E-state index contributed by atoms with van der Waals surface area (Å²) in [6, 6.07) is 7.58. The van der Waals surface area contributed by atoms with Crippen molar-refractivity contribution < 1.29 is 14.4 Å². The Bertz CT molecular complexity index is 493. The summed E-state index contributed by atoms with van der Waals surface area (Å²) in [5.41, 5.74) is 1.77. The standard InChI is InChI=1S/C17H23NO3/c1-13(2)14-8-4-5-9-15(14)16(12-19)17(20)21-18-10-6-3-7-11-18/h4-5,8-9,12-13,16H,3,6-7,10-11H2,1-2H3. The van der Waals surface area contributed by atoms with E-state index < -0.39 is 11.9 Å². The Balaban J connectivity index is 2.15. The molecule has 21 heavy (non-hydrogen) atoms. The maximum Gasteiger partial charge on any atom is 0.339 e. The molecule has 1 aliphatic rings. The van der Waals surface area contributed by atoms with Crippen LogP contribution < -0.4 is 0 Å². The van der Waals surface area contributed by atoms with Gasteiger partial charge < -0.3 is 9.63 Å². The molecular formula is C17H23NO3. The Labute approximate surface area is 126 Å². The molecule has 2 rings (SSSR count). The molecule has 4 nitrogen and oxygen atoms in total. The SMILES string of the molecule is CC(C)c1ccccc1C(C=O)C(=O)ON1CCCCC1. The molecule has 0 saturated carbocycles. The maximum absolute atomic E-state index is 12.3. The highest BCUT2D eigenvalue weighted by Gasteiger charge is 2.27. The van der Waals surface area contributed by atoms with Crippen molar-refractivity contribution in [3.63, 3.8) is 0 Å². The number of piperidine rings is 1. The van der Waals surface area contributed by atoms with Crippen molar-refractivity contribution in [1.29, 1.82) is 0 Å². The lowest BCUT2D eigenvalue weighted by Gasteiger charge is -2.26. The minimum absolute atomic E-state index is 0.256. The second-order valence-electron chi connectivity index (χ2n) is 5.80. The third kappa shape index (κ3) is 3.91. The van der Waals surface area contributed by atoms with Gasteiger partial charge >= 0.3 is 5.97 Å². The quantitative estimate of drug-likeness (QED) is 0.617. The maximum atomic E-state index is 12.3. The Morgan fingerprint density at radius 2 is 1.76 bits per heavy atom. The first-order chi connectivity index (χ1) is 10.1. The molecule has 1 aromatic carbocycles. The zero-order valence-electron chi connectivity index (χ0n) is 12.7. The van der Waals surface area contributed by atoms with E-state index in [1.54, 1.807) is 5.06 Å². The lowest BCUT2D eigenvalue weighted by Crippen LogP contribution is -2.34. The van der Waals surface area contributed by atoms with Gasteiger partial charge in [0.1, 0.15) is 12.2 Å². The molecule has 1 saturated heterocycles. The van der Waals surface area contributed by atoms with Crippen molar-refractivity contribution in [3.05, 3.63) is 35.4 Å². The van der Waals surface area contributed by atoms with Crippen LogP contribution in [-0.2, 0) is 14.4 Å². The van der Waals surface area contributed by atoms with Gasteiger partial charge in [0.05, 0.1) is 0 Å². The normalized spacial score (nSPS) is 17.5. The van der Waals surface area contributed by atoms with E-state index in [2.05, 4.69) is 13.8 Å². The lowest BCUT2D eigenvalue weighted by molar-refractivity contribution is -0.195. The van der Waals surface area contributed by atoms with Crippen LogP contribution in [0.25, 0.3) is 0 Å². The average Bonchev–Trinajstić information content (AvgIpc) is 2.49. The summed E-state index contributed by atoms with van der Waals surface area (Å²) in [6.07, 6.45) is 3.91. The van der Waals surface area contributed by atoms with Crippen LogP contribution in [0.5, 0.6) is 0 Å². The number of aldehydes is 1. The molecule has 0 spiro atoms. The highest BCUT2D eigenvalue weighted by molar-refractivity contribution is 5.94. The lowest BCUT2D eigenvalue weighted by atomic mass is 9.89. The molecule has 1 aliphatic heterocycles. The molecule has 4 heteroatoms. The first kappa shape index (κ1) is 15.7. The number of rotatable bonds is 5. The Kier molecular flexibility index (Phi) is 5.51. The van der Waals surface area contributed by atoms with Crippen LogP contribution in [-0.4, -0.2) is 30.4 Å². The molecular weight excluding hydrogens is 266 g/mol. The molecule has 0 amide bonds. The van der Waals surface area contributed by atoms with E-state index >= 15 is 0 Å². The highest BCUT2D eigenvalue weighted by atomic mass is 16.7. The van der Waals surface area contributed by atoms with Crippen molar-refractivity contribution >= 4 is 12.3 Å². The van der Waals surface area contributed by atoms with E-state index in [0.717, 1.165) is 37.1 Å². The van der Waals surface area contributed by atoms with Gasteiger partial charge in [-0.1, -0.05) is 44.5 Å². The van der Waals surface area contributed by atoms with Gasteiger partial charge in [0, 0.05) is 13.1 Å². The first-order valence-corrected chi connectivity index (χ1v) is 7.64. The van der Waals surface area contributed by atoms with Crippen LogP contribution in [0.15, 0.2) is 24.3 Å². The summed E-state index contributed by atoms with van der Waals surface area (Å²) in [4.78, 5) is 29.2. The zero-order valence-corrected chi connectivity index (χ0v) is 12.7. The molecule has 1 unspecified atom stereocenters. The third-order valence-electron chi connectivity index (χ3n) is 3.88. The second kappa shape index (κ2) is 7.36. The van der Waals surface area contributed by atoms with E-state index in [1.807, 2.05) is 24.3 Å². The molecule has 0 aliphatic carbocycles. The molecule has 1 aromatic rings. The summed E-state index contributed by atoms with van der Waals surface area (Å²) in [7, 11) is 0. The summed E-state index contributed by atoms with van der Waals surface area (Å²) < 4.78 is 0. The van der Waals surface area contributed by atoms with Crippen molar-refractivity contribution in [1.82, 2.24) is 5.06 Å². The Morgan fingerprint density at radius 1 is 1.14 bits per heavy atom. The van der Waals surface area contributed by atoms with Crippen LogP contribution in [0.4, 0.5) is 0 Å². The van der Waals surface area contributed by atoms with E-state index in [0.29, 0.717) is 6.29 Å². The summed E-state index contributed by atoms with van der Waals surface area (Å²) >= 11 is 0. The molecule has 1 fully saturated rings. The minimum atomic E-state index is -0.842. The number of benzene rings is 1. The molecule has 0 N–H and O–H groups in total. The molecule has 114 valence electrons. The topological polar surface area (TPSA) is 46.6 Å². The average molecular weight is 289 g/mol. The predicted molar refractivity (Wildman–Crippen MR) is 80.9 cm³/mol. The number of hydrogen-bond donors (Lipinski definition) is 0. The van der Waals surface area contributed by atoms with Gasteiger partial charge in [0.2, 0.25) is 0 Å². The van der Waals surface area contributed by atoms with Gasteiger partial charge in [-0.3, -0.25) is 0 Å². The highest BCUT2D eigenvalue weighted by Crippen LogP contribution is 2.26. The van der Waals surface area contributed by atoms with Crippen LogP contribution in [0.2, 0.25) is 0 Å². The van der Waals surface area contributed by atoms with Crippen LogP contribution >= 0.6 is 0 Å². The van der Waals surface area contributed by atoms with Crippen molar-refractivity contribution in [2.24, 2.45) is 0 Å². The molecule has 0 radical (unpaired) electrons. The number of nitrogens with zero attached hydrogens (tertiary/aromatic N) is 1. The predicted octanol–water partition coefficient (Wildman–Crippen LogP) is 3.04. The molecule has 1 heterocycles. The summed E-state index contributed by atoms with van der Waals surface area (Å²) in [5.74, 6) is -1.06. The van der Waals surface area contributed by atoms with Crippen LogP contribution in [0.1, 0.15) is 56.1 Å². The fraction of sp³-hybridized carbons (Fsp3) is 0.529. The van der Waals surface area contributed by atoms with Gasteiger partial charge in [-0.15, -0.1) is 5.06 Å². The molecule has 0 aromatic heterocycles. The van der Waals surface area contributed by atoms with Crippen LogP contribution in [0, 0.1) is 0 Å². The van der Waals surface area contributed by atoms with Gasteiger partial charge in [-0.2, -0.15) is 0 Å². The smallest absolute Gasteiger partial charge is 0.339 e. The Morgan fingerprint density at radius 3 is 2.33 bits per heavy atom. The van der Waals surface area contributed by atoms with Gasteiger partial charge in [0.15, 0.2) is 0 Å². The first-order valence-electron chi connectivity index (χ1n) is 7.64. The third-order valence-corrected chi connectivity index (χ3v) is 3.88. The fourth-order valence-electron chi connectivity index (χ4n) is 2.72. The van der Waals surface area contributed by atoms with Gasteiger partial charge in [0.25, 0.3) is 0 Å². The summed E-state index contributed by atoms with van der Waals surface area (Å²) in [5, 5.41) is 1.68. The number of hydrogen-bond acceptors (Lipinski definition) is 4.